The Kier molecular flexibility index (Phi) is 4.58. The summed E-state index contributed by atoms with van der Waals surface area (Å²) in [5, 5.41) is 9.93. The normalized spacial score (nSPS) is 20.6. The number of nitrogens with two attached hydrogens (primary N) is 1. The molecule has 4 nitrogen and oxygen atoms in total. The molecule has 2 rings (SSSR count). The van der Waals surface area contributed by atoms with E-state index in [2.05, 4.69) is 17.0 Å². The van der Waals surface area contributed by atoms with Gasteiger partial charge in [-0.2, -0.15) is 0 Å². The summed E-state index contributed by atoms with van der Waals surface area (Å²) in [5.41, 5.74) is 8.42. The molecule has 1 heterocycles. The van der Waals surface area contributed by atoms with Crippen molar-refractivity contribution in [1.29, 1.82) is 0 Å². The number of rotatable bonds is 5. The van der Waals surface area contributed by atoms with Crippen LogP contribution in [-0.2, 0) is 4.74 Å². The Morgan fingerprint density at radius 3 is 3.06 bits per heavy atom. The molecule has 2 atom stereocenters. The first-order valence-corrected chi connectivity index (χ1v) is 6.57. The minimum absolute atomic E-state index is 0.112. The van der Waals surface area contributed by atoms with Crippen molar-refractivity contribution in [3.05, 3.63) is 29.8 Å². The third kappa shape index (κ3) is 3.02. The zero-order chi connectivity index (χ0) is 13.0. The van der Waals surface area contributed by atoms with Gasteiger partial charge in [0.05, 0.1) is 12.7 Å². The van der Waals surface area contributed by atoms with Crippen LogP contribution in [0.2, 0.25) is 0 Å². The number of hydrogen-bond acceptors (Lipinski definition) is 4. The van der Waals surface area contributed by atoms with Crippen molar-refractivity contribution in [3.8, 4) is 0 Å². The van der Waals surface area contributed by atoms with Crippen LogP contribution in [0.4, 0.5) is 5.69 Å². The molecule has 4 heteroatoms. The molecule has 0 saturated heterocycles. The second kappa shape index (κ2) is 6.18. The predicted octanol–water partition coefficient (Wildman–Crippen LogP) is 1.29. The highest BCUT2D eigenvalue weighted by molar-refractivity contribution is 5.56. The van der Waals surface area contributed by atoms with Gasteiger partial charge in [0.2, 0.25) is 0 Å². The molecule has 1 aromatic rings. The molecule has 0 spiro atoms. The van der Waals surface area contributed by atoms with Crippen LogP contribution in [0.15, 0.2) is 24.3 Å². The van der Waals surface area contributed by atoms with Crippen molar-refractivity contribution in [2.45, 2.75) is 25.5 Å². The van der Waals surface area contributed by atoms with Gasteiger partial charge in [-0.05, 0) is 25.0 Å². The number of benzene rings is 1. The number of ether oxygens (including phenoxy) is 1. The van der Waals surface area contributed by atoms with Crippen molar-refractivity contribution < 1.29 is 9.84 Å². The molecule has 1 aliphatic rings. The molecule has 100 valence electrons. The van der Waals surface area contributed by atoms with Gasteiger partial charge >= 0.3 is 0 Å². The van der Waals surface area contributed by atoms with Crippen molar-refractivity contribution >= 4 is 5.69 Å². The monoisotopic (exact) mass is 250 g/mol. The van der Waals surface area contributed by atoms with E-state index in [1.165, 1.54) is 5.56 Å². The lowest BCUT2D eigenvalue weighted by Gasteiger charge is -2.35. The number of para-hydroxylation sites is 1. The van der Waals surface area contributed by atoms with Gasteiger partial charge < -0.3 is 20.5 Å². The summed E-state index contributed by atoms with van der Waals surface area (Å²) in [6.45, 7) is 4.45. The number of anilines is 1. The Labute approximate surface area is 108 Å². The van der Waals surface area contributed by atoms with E-state index in [1.807, 2.05) is 19.1 Å². The first-order chi connectivity index (χ1) is 8.72. The smallest absolute Gasteiger partial charge is 0.0947 e. The average molecular weight is 250 g/mol. The predicted molar refractivity (Wildman–Crippen MR) is 72.7 cm³/mol. The maximum absolute atomic E-state index is 9.93. The second-order valence-electron chi connectivity index (χ2n) is 4.71. The molecule has 1 aliphatic heterocycles. The number of nitrogens with zero attached hydrogens (tertiary/aromatic N) is 1. The zero-order valence-corrected chi connectivity index (χ0v) is 10.9. The minimum Gasteiger partial charge on any atom is -0.389 e. The van der Waals surface area contributed by atoms with Crippen molar-refractivity contribution in [1.82, 2.24) is 0 Å². The molecule has 0 bridgehead atoms. The largest absolute Gasteiger partial charge is 0.389 e. The van der Waals surface area contributed by atoms with Crippen LogP contribution in [-0.4, -0.2) is 37.5 Å². The Hall–Kier alpha value is -1.10. The summed E-state index contributed by atoms with van der Waals surface area (Å²) in [6.07, 6.45) is 0.477. The van der Waals surface area contributed by atoms with E-state index in [0.717, 1.165) is 18.7 Å². The fourth-order valence-electron chi connectivity index (χ4n) is 2.41. The highest BCUT2D eigenvalue weighted by atomic mass is 16.5. The Morgan fingerprint density at radius 2 is 2.28 bits per heavy atom. The van der Waals surface area contributed by atoms with Gasteiger partial charge in [0.15, 0.2) is 0 Å². The summed E-state index contributed by atoms with van der Waals surface area (Å²) >= 11 is 0. The Balaban J connectivity index is 2.04. The second-order valence-corrected chi connectivity index (χ2v) is 4.71. The fourth-order valence-corrected chi connectivity index (χ4v) is 2.41. The number of hydrogen-bond donors (Lipinski definition) is 2. The lowest BCUT2D eigenvalue weighted by atomic mass is 9.97. The molecule has 18 heavy (non-hydrogen) atoms. The maximum atomic E-state index is 9.93. The highest BCUT2D eigenvalue weighted by Gasteiger charge is 2.23. The first kappa shape index (κ1) is 13.3. The van der Waals surface area contributed by atoms with E-state index in [-0.39, 0.29) is 6.04 Å². The lowest BCUT2D eigenvalue weighted by Crippen LogP contribution is -2.40. The van der Waals surface area contributed by atoms with Gasteiger partial charge in [-0.1, -0.05) is 18.2 Å². The van der Waals surface area contributed by atoms with Crippen LogP contribution in [0, 0.1) is 0 Å². The van der Waals surface area contributed by atoms with E-state index in [9.17, 15) is 5.11 Å². The van der Waals surface area contributed by atoms with Gasteiger partial charge in [0.25, 0.3) is 0 Å². The van der Waals surface area contributed by atoms with E-state index in [0.29, 0.717) is 19.8 Å². The Bertz CT molecular complexity index is 384. The van der Waals surface area contributed by atoms with E-state index in [1.54, 1.807) is 0 Å². The first-order valence-electron chi connectivity index (χ1n) is 6.57. The standard InChI is InChI=1S/C14H22N2O2/c1-2-18-10-11(17)9-16-8-7-13(15)12-5-3-4-6-14(12)16/h3-6,11,13,17H,2,7-10,15H2,1H3. The van der Waals surface area contributed by atoms with Crippen LogP contribution in [0.3, 0.4) is 0 Å². The third-order valence-corrected chi connectivity index (χ3v) is 3.33. The summed E-state index contributed by atoms with van der Waals surface area (Å²) < 4.78 is 5.24. The molecule has 0 amide bonds. The molecule has 0 aromatic heterocycles. The molecule has 3 N–H and O–H groups in total. The Morgan fingerprint density at radius 1 is 1.50 bits per heavy atom. The summed E-state index contributed by atoms with van der Waals surface area (Å²) in [4.78, 5) is 2.20. The van der Waals surface area contributed by atoms with Gasteiger partial charge in [-0.3, -0.25) is 0 Å². The van der Waals surface area contributed by atoms with Crippen LogP contribution in [0.25, 0.3) is 0 Å². The summed E-state index contributed by atoms with van der Waals surface area (Å²) in [5.74, 6) is 0. The van der Waals surface area contributed by atoms with Gasteiger partial charge in [-0.25, -0.2) is 0 Å². The quantitative estimate of drug-likeness (QED) is 0.827. The average Bonchev–Trinajstić information content (AvgIpc) is 2.40. The summed E-state index contributed by atoms with van der Waals surface area (Å²) in [7, 11) is 0. The highest BCUT2D eigenvalue weighted by Crippen LogP contribution is 2.31. The molecule has 1 aromatic carbocycles. The van der Waals surface area contributed by atoms with E-state index >= 15 is 0 Å². The van der Waals surface area contributed by atoms with Crippen LogP contribution >= 0.6 is 0 Å². The molecular formula is C14H22N2O2. The van der Waals surface area contributed by atoms with Crippen LogP contribution in [0.1, 0.15) is 24.9 Å². The third-order valence-electron chi connectivity index (χ3n) is 3.33. The summed E-state index contributed by atoms with van der Waals surface area (Å²) in [6, 6.07) is 8.28. The molecule has 0 fully saturated rings. The maximum Gasteiger partial charge on any atom is 0.0947 e. The minimum atomic E-state index is -0.452. The topological polar surface area (TPSA) is 58.7 Å². The van der Waals surface area contributed by atoms with Crippen molar-refractivity contribution in [3.63, 3.8) is 0 Å². The number of β-amino-alcohol motifs (C(OH)–C–C–N with tert-alkyl or cyclic N) is 1. The van der Waals surface area contributed by atoms with Crippen LogP contribution in [0.5, 0.6) is 0 Å². The van der Waals surface area contributed by atoms with Crippen molar-refractivity contribution in [2.75, 3.05) is 31.2 Å². The van der Waals surface area contributed by atoms with E-state index in [4.69, 9.17) is 10.5 Å². The SMILES string of the molecule is CCOCC(O)CN1CCC(N)c2ccccc21. The molecule has 0 saturated carbocycles. The number of aliphatic hydroxyl groups excluding tert-OH is 1. The fraction of sp³-hybridized carbons (Fsp3) is 0.571. The number of fused-ring (bicyclic) bond motifs is 1. The molecule has 0 radical (unpaired) electrons. The lowest BCUT2D eigenvalue weighted by molar-refractivity contribution is 0.0461. The molecule has 2 unspecified atom stereocenters. The van der Waals surface area contributed by atoms with Gasteiger partial charge in [-0.15, -0.1) is 0 Å². The van der Waals surface area contributed by atoms with Gasteiger partial charge in [0, 0.05) is 31.4 Å². The molecular weight excluding hydrogens is 228 g/mol. The van der Waals surface area contributed by atoms with E-state index < -0.39 is 6.10 Å². The molecule has 0 aliphatic carbocycles. The number of aliphatic hydroxyl groups is 1. The zero-order valence-electron chi connectivity index (χ0n) is 10.9. The van der Waals surface area contributed by atoms with Gasteiger partial charge in [0.1, 0.15) is 0 Å². The van der Waals surface area contributed by atoms with Crippen molar-refractivity contribution in [2.24, 2.45) is 5.73 Å². The van der Waals surface area contributed by atoms with Crippen LogP contribution < -0.4 is 10.6 Å².